The molecule has 11 heavy (non-hydrogen) atoms. The standard InChI is InChI=1S/C8H7O2P/c9-8(6-11-10)7-4-2-1-3-5-7/h1-5H,6H2. The van der Waals surface area contributed by atoms with Crippen molar-refractivity contribution in [1.82, 2.24) is 0 Å². The summed E-state index contributed by atoms with van der Waals surface area (Å²) in [5.74, 6) is -0.0812. The molecule has 0 bridgehead atoms. The highest BCUT2D eigenvalue weighted by molar-refractivity contribution is 7.25. The van der Waals surface area contributed by atoms with Gasteiger partial charge in [-0.05, 0) is 0 Å². The zero-order valence-electron chi connectivity index (χ0n) is 5.86. The van der Waals surface area contributed by atoms with Crippen molar-refractivity contribution in [3.8, 4) is 0 Å². The molecular formula is C8H7O2P. The number of ketones is 1. The van der Waals surface area contributed by atoms with Crippen LogP contribution in [0.1, 0.15) is 10.4 Å². The molecular weight excluding hydrogens is 159 g/mol. The lowest BCUT2D eigenvalue weighted by Gasteiger charge is -1.92. The van der Waals surface area contributed by atoms with Gasteiger partial charge in [-0.1, -0.05) is 30.3 Å². The fourth-order valence-corrected chi connectivity index (χ4v) is 1.07. The molecule has 1 aromatic rings. The van der Waals surface area contributed by atoms with Crippen molar-refractivity contribution in [3.05, 3.63) is 35.9 Å². The Morgan fingerprint density at radius 3 is 2.45 bits per heavy atom. The summed E-state index contributed by atoms with van der Waals surface area (Å²) in [6, 6.07) is 8.84. The van der Waals surface area contributed by atoms with E-state index in [4.69, 9.17) is 0 Å². The molecule has 0 saturated carbocycles. The predicted octanol–water partition coefficient (Wildman–Crippen LogP) is 2.16. The Bertz CT molecular complexity index is 256. The molecule has 0 radical (unpaired) electrons. The van der Waals surface area contributed by atoms with Crippen LogP contribution >= 0.6 is 8.46 Å². The van der Waals surface area contributed by atoms with Gasteiger partial charge in [-0.25, -0.2) is 0 Å². The van der Waals surface area contributed by atoms with Crippen LogP contribution in [0.4, 0.5) is 0 Å². The second kappa shape index (κ2) is 3.99. The third-order valence-electron chi connectivity index (χ3n) is 1.30. The Kier molecular flexibility index (Phi) is 2.94. The summed E-state index contributed by atoms with van der Waals surface area (Å²) in [4.78, 5) is 11.0. The molecule has 0 aliphatic rings. The quantitative estimate of drug-likeness (QED) is 0.509. The van der Waals surface area contributed by atoms with E-state index < -0.39 is 0 Å². The molecule has 0 saturated heterocycles. The molecule has 0 fully saturated rings. The molecule has 0 aromatic heterocycles. The van der Waals surface area contributed by atoms with Crippen molar-refractivity contribution in [3.63, 3.8) is 0 Å². The first-order valence-corrected chi connectivity index (χ1v) is 4.21. The fourth-order valence-electron chi connectivity index (χ4n) is 0.774. The summed E-state index contributed by atoms with van der Waals surface area (Å²) < 4.78 is 10.1. The minimum absolute atomic E-state index is 0.0734. The molecule has 2 nitrogen and oxygen atoms in total. The SMILES string of the molecule is O=PCC(=O)c1ccccc1. The van der Waals surface area contributed by atoms with Gasteiger partial charge in [0.2, 0.25) is 0 Å². The third-order valence-corrected chi connectivity index (χ3v) is 1.72. The average molecular weight is 166 g/mol. The number of rotatable bonds is 3. The summed E-state index contributed by atoms with van der Waals surface area (Å²) in [6.07, 6.45) is 0.0734. The molecule has 56 valence electrons. The van der Waals surface area contributed by atoms with E-state index in [0.29, 0.717) is 5.56 Å². The number of Topliss-reactive ketones (excluding diaryl/α,β-unsaturated/α-hetero) is 1. The summed E-state index contributed by atoms with van der Waals surface area (Å²) >= 11 is 0. The molecule has 1 rings (SSSR count). The Morgan fingerprint density at radius 1 is 1.27 bits per heavy atom. The summed E-state index contributed by atoms with van der Waals surface area (Å²) in [6.45, 7) is 0. The number of carbonyl (C=O) groups is 1. The smallest absolute Gasteiger partial charge is 0.174 e. The zero-order valence-corrected chi connectivity index (χ0v) is 6.75. The van der Waals surface area contributed by atoms with E-state index in [1.165, 1.54) is 0 Å². The molecule has 0 aliphatic carbocycles. The van der Waals surface area contributed by atoms with E-state index in [9.17, 15) is 9.36 Å². The van der Waals surface area contributed by atoms with Crippen LogP contribution in [0.25, 0.3) is 0 Å². The summed E-state index contributed by atoms with van der Waals surface area (Å²) in [5.41, 5.74) is 0.621. The van der Waals surface area contributed by atoms with Crippen LogP contribution < -0.4 is 0 Å². The van der Waals surface area contributed by atoms with Crippen LogP contribution in [0.3, 0.4) is 0 Å². The van der Waals surface area contributed by atoms with Crippen LogP contribution in [-0.2, 0) is 4.57 Å². The van der Waals surface area contributed by atoms with Crippen molar-refractivity contribution in [1.29, 1.82) is 0 Å². The molecule has 0 heterocycles. The molecule has 0 spiro atoms. The normalized spacial score (nSPS) is 9.82. The van der Waals surface area contributed by atoms with Gasteiger partial charge in [-0.15, -0.1) is 0 Å². The molecule has 0 N–H and O–H groups in total. The zero-order chi connectivity index (χ0) is 8.10. The van der Waals surface area contributed by atoms with Gasteiger partial charge in [0.15, 0.2) is 14.2 Å². The largest absolute Gasteiger partial charge is 0.293 e. The van der Waals surface area contributed by atoms with Crippen molar-refractivity contribution in [2.45, 2.75) is 0 Å². The van der Waals surface area contributed by atoms with Crippen LogP contribution in [0.5, 0.6) is 0 Å². The van der Waals surface area contributed by atoms with Gasteiger partial charge in [-0.2, -0.15) is 0 Å². The lowest BCUT2D eigenvalue weighted by molar-refractivity contribution is 0.102. The van der Waals surface area contributed by atoms with Gasteiger partial charge in [0, 0.05) is 5.56 Å². The highest BCUT2D eigenvalue weighted by Gasteiger charge is 2.02. The molecule has 0 atom stereocenters. The highest BCUT2D eigenvalue weighted by atomic mass is 31.1. The van der Waals surface area contributed by atoms with E-state index in [1.807, 2.05) is 6.07 Å². The maximum Gasteiger partial charge on any atom is 0.174 e. The van der Waals surface area contributed by atoms with Crippen molar-refractivity contribution in [2.24, 2.45) is 0 Å². The van der Waals surface area contributed by atoms with E-state index in [0.717, 1.165) is 0 Å². The highest BCUT2D eigenvalue weighted by Crippen LogP contribution is 2.03. The maximum absolute atomic E-state index is 11.0. The number of hydrogen-bond donors (Lipinski definition) is 0. The second-order valence-electron chi connectivity index (χ2n) is 2.08. The number of carbonyl (C=O) groups excluding carboxylic acids is 1. The Labute approximate surface area is 66.4 Å². The fraction of sp³-hybridized carbons (Fsp3) is 0.125. The second-order valence-corrected chi connectivity index (χ2v) is 2.65. The van der Waals surface area contributed by atoms with Crippen molar-refractivity contribution >= 4 is 14.2 Å². The van der Waals surface area contributed by atoms with Crippen LogP contribution in [0, 0.1) is 0 Å². The topological polar surface area (TPSA) is 34.1 Å². The number of benzene rings is 1. The average Bonchev–Trinajstić information content (AvgIpc) is 2.07. The Hall–Kier alpha value is -1.01. The third kappa shape index (κ3) is 2.24. The monoisotopic (exact) mass is 166 g/mol. The van der Waals surface area contributed by atoms with E-state index in [-0.39, 0.29) is 20.4 Å². The van der Waals surface area contributed by atoms with Gasteiger partial charge < -0.3 is 0 Å². The minimum atomic E-state index is -0.115. The molecule has 0 amide bonds. The van der Waals surface area contributed by atoms with Gasteiger partial charge in [0.25, 0.3) is 0 Å². The van der Waals surface area contributed by atoms with Crippen molar-refractivity contribution in [2.75, 3.05) is 6.16 Å². The van der Waals surface area contributed by atoms with Crippen LogP contribution in [-0.4, -0.2) is 11.9 Å². The van der Waals surface area contributed by atoms with E-state index >= 15 is 0 Å². The van der Waals surface area contributed by atoms with Gasteiger partial charge >= 0.3 is 0 Å². The first-order valence-electron chi connectivity index (χ1n) is 3.22. The molecule has 3 heteroatoms. The summed E-state index contributed by atoms with van der Waals surface area (Å²) in [7, 11) is -0.115. The first kappa shape index (κ1) is 8.09. The van der Waals surface area contributed by atoms with Crippen LogP contribution in [0.15, 0.2) is 30.3 Å². The van der Waals surface area contributed by atoms with E-state index in [2.05, 4.69) is 0 Å². The first-order chi connectivity index (χ1) is 5.34. The van der Waals surface area contributed by atoms with E-state index in [1.54, 1.807) is 24.3 Å². The molecule has 1 aromatic carbocycles. The van der Waals surface area contributed by atoms with Gasteiger partial charge in [-0.3, -0.25) is 9.36 Å². The minimum Gasteiger partial charge on any atom is -0.293 e. The number of hydrogen-bond acceptors (Lipinski definition) is 2. The van der Waals surface area contributed by atoms with Gasteiger partial charge in [0.1, 0.15) is 0 Å². The lowest BCUT2D eigenvalue weighted by Crippen LogP contribution is -1.98. The summed E-state index contributed by atoms with van der Waals surface area (Å²) in [5, 5.41) is 0. The molecule has 0 unspecified atom stereocenters. The van der Waals surface area contributed by atoms with Crippen molar-refractivity contribution < 1.29 is 9.36 Å². The molecule has 0 aliphatic heterocycles. The Balaban J connectivity index is 2.77. The maximum atomic E-state index is 11.0. The Morgan fingerprint density at radius 2 is 1.91 bits per heavy atom. The van der Waals surface area contributed by atoms with Crippen LogP contribution in [0.2, 0.25) is 0 Å². The lowest BCUT2D eigenvalue weighted by atomic mass is 10.2. The predicted molar refractivity (Wildman–Crippen MR) is 43.2 cm³/mol. The van der Waals surface area contributed by atoms with Gasteiger partial charge in [0.05, 0.1) is 6.16 Å².